The Kier molecular flexibility index (Phi) is 6.12. The van der Waals surface area contributed by atoms with Crippen LogP contribution in [-0.4, -0.2) is 36.4 Å². The fraction of sp³-hybridized carbons (Fsp3) is 0.364. The second-order valence-corrected chi connectivity index (χ2v) is 6.80. The number of hydrogen-bond acceptors (Lipinski definition) is 3. The zero-order valence-corrected chi connectivity index (χ0v) is 15.9. The summed E-state index contributed by atoms with van der Waals surface area (Å²) in [5.41, 5.74) is 2.70. The molecular formula is C22H26N2O3. The van der Waals surface area contributed by atoms with Crippen molar-refractivity contribution in [1.29, 1.82) is 0 Å². The molecule has 0 aliphatic carbocycles. The van der Waals surface area contributed by atoms with Gasteiger partial charge in [0.2, 0.25) is 5.91 Å². The normalized spacial score (nSPS) is 16.2. The predicted octanol–water partition coefficient (Wildman–Crippen LogP) is 3.49. The summed E-state index contributed by atoms with van der Waals surface area (Å²) in [6, 6.07) is 15.3. The van der Waals surface area contributed by atoms with E-state index in [2.05, 4.69) is 5.32 Å². The highest BCUT2D eigenvalue weighted by Crippen LogP contribution is 2.32. The molecule has 0 saturated carbocycles. The summed E-state index contributed by atoms with van der Waals surface area (Å²) in [7, 11) is 0. The van der Waals surface area contributed by atoms with Gasteiger partial charge in [-0.25, -0.2) is 0 Å². The van der Waals surface area contributed by atoms with Gasteiger partial charge in [0.1, 0.15) is 5.75 Å². The van der Waals surface area contributed by atoms with E-state index in [4.69, 9.17) is 4.74 Å². The van der Waals surface area contributed by atoms with Gasteiger partial charge in [-0.15, -0.1) is 0 Å². The summed E-state index contributed by atoms with van der Waals surface area (Å²) in [5, 5.41) is 2.75. The molecule has 0 bridgehead atoms. The molecule has 2 aromatic rings. The molecule has 3 rings (SSSR count). The zero-order valence-electron chi connectivity index (χ0n) is 15.9. The van der Waals surface area contributed by atoms with Crippen LogP contribution in [0.25, 0.3) is 0 Å². The highest BCUT2D eigenvalue weighted by molar-refractivity contribution is 5.96. The van der Waals surface area contributed by atoms with Crippen molar-refractivity contribution >= 4 is 11.8 Å². The maximum atomic E-state index is 12.7. The van der Waals surface area contributed by atoms with Crippen molar-refractivity contribution in [3.63, 3.8) is 0 Å². The molecule has 5 nitrogen and oxygen atoms in total. The Labute approximate surface area is 160 Å². The first kappa shape index (κ1) is 19.0. The maximum absolute atomic E-state index is 12.7. The lowest BCUT2D eigenvalue weighted by Gasteiger charge is -2.25. The molecule has 1 atom stereocenters. The minimum absolute atomic E-state index is 0.0142. The van der Waals surface area contributed by atoms with E-state index >= 15 is 0 Å². The first-order valence-electron chi connectivity index (χ1n) is 9.45. The molecule has 1 heterocycles. The third-order valence-electron chi connectivity index (χ3n) is 4.83. The van der Waals surface area contributed by atoms with Gasteiger partial charge in [0, 0.05) is 12.1 Å². The number of hydrogen-bond donors (Lipinski definition) is 1. The quantitative estimate of drug-likeness (QED) is 0.851. The molecule has 142 valence electrons. The summed E-state index contributed by atoms with van der Waals surface area (Å²) in [6.07, 6.45) is 1.90. The zero-order chi connectivity index (χ0) is 19.2. The molecule has 1 saturated heterocycles. The SMILES string of the molecule is CCOc1ccc([C@H]2CCCN2C(=O)CNC(=O)c2cccc(C)c2)cc1. The second kappa shape index (κ2) is 8.71. The molecule has 2 amide bonds. The molecule has 27 heavy (non-hydrogen) atoms. The molecular weight excluding hydrogens is 340 g/mol. The van der Waals surface area contributed by atoms with Gasteiger partial charge >= 0.3 is 0 Å². The van der Waals surface area contributed by atoms with Gasteiger partial charge in [0.05, 0.1) is 19.2 Å². The molecule has 1 N–H and O–H groups in total. The van der Waals surface area contributed by atoms with Crippen LogP contribution in [0.5, 0.6) is 5.75 Å². The Bertz CT molecular complexity index is 801. The summed E-state index contributed by atoms with van der Waals surface area (Å²) in [6.45, 7) is 5.26. The molecule has 0 radical (unpaired) electrons. The smallest absolute Gasteiger partial charge is 0.251 e. The van der Waals surface area contributed by atoms with Crippen molar-refractivity contribution in [1.82, 2.24) is 10.2 Å². The lowest BCUT2D eigenvalue weighted by molar-refractivity contribution is -0.131. The van der Waals surface area contributed by atoms with Crippen LogP contribution in [0.3, 0.4) is 0 Å². The van der Waals surface area contributed by atoms with E-state index in [1.54, 1.807) is 6.07 Å². The Morgan fingerprint density at radius 3 is 2.67 bits per heavy atom. The number of nitrogens with zero attached hydrogens (tertiary/aromatic N) is 1. The number of aryl methyl sites for hydroxylation is 1. The second-order valence-electron chi connectivity index (χ2n) is 6.80. The number of nitrogens with one attached hydrogen (secondary N) is 1. The van der Waals surface area contributed by atoms with Crippen molar-refractivity contribution in [2.75, 3.05) is 19.7 Å². The monoisotopic (exact) mass is 366 g/mol. The fourth-order valence-corrected chi connectivity index (χ4v) is 3.51. The van der Waals surface area contributed by atoms with Gasteiger partial charge in [-0.1, -0.05) is 29.8 Å². The van der Waals surface area contributed by atoms with Gasteiger partial charge in [-0.05, 0) is 56.5 Å². The average Bonchev–Trinajstić information content (AvgIpc) is 3.16. The first-order chi connectivity index (χ1) is 13.1. The van der Waals surface area contributed by atoms with Gasteiger partial charge in [-0.3, -0.25) is 9.59 Å². The molecule has 0 spiro atoms. The standard InChI is InChI=1S/C22H26N2O3/c1-3-27-19-11-9-17(10-12-19)20-8-5-13-24(20)21(25)15-23-22(26)18-7-4-6-16(2)14-18/h4,6-7,9-12,14,20H,3,5,8,13,15H2,1-2H3,(H,23,26)/t20-/m1/s1. The summed E-state index contributed by atoms with van der Waals surface area (Å²) in [4.78, 5) is 26.8. The van der Waals surface area contributed by atoms with Crippen molar-refractivity contribution in [3.05, 3.63) is 65.2 Å². The van der Waals surface area contributed by atoms with E-state index in [1.807, 2.05) is 61.2 Å². The van der Waals surface area contributed by atoms with Crippen LogP contribution in [0.4, 0.5) is 0 Å². The lowest BCUT2D eigenvalue weighted by Crippen LogP contribution is -2.39. The number of benzene rings is 2. The Balaban J connectivity index is 1.60. The summed E-state index contributed by atoms with van der Waals surface area (Å²) in [5.74, 6) is 0.568. The number of carbonyl (C=O) groups excluding carboxylic acids is 2. The minimum Gasteiger partial charge on any atom is -0.494 e. The molecule has 5 heteroatoms. The van der Waals surface area contributed by atoms with Crippen LogP contribution in [0.1, 0.15) is 47.3 Å². The van der Waals surface area contributed by atoms with Crippen LogP contribution in [0, 0.1) is 6.92 Å². The van der Waals surface area contributed by atoms with E-state index in [0.717, 1.165) is 36.3 Å². The molecule has 0 unspecified atom stereocenters. The molecule has 1 aliphatic rings. The van der Waals surface area contributed by atoms with E-state index in [1.165, 1.54) is 0 Å². The van der Waals surface area contributed by atoms with E-state index < -0.39 is 0 Å². The van der Waals surface area contributed by atoms with Crippen LogP contribution < -0.4 is 10.1 Å². The van der Waals surface area contributed by atoms with E-state index in [0.29, 0.717) is 12.2 Å². The maximum Gasteiger partial charge on any atom is 0.251 e. The van der Waals surface area contributed by atoms with Gasteiger partial charge in [-0.2, -0.15) is 0 Å². The third kappa shape index (κ3) is 4.67. The van der Waals surface area contributed by atoms with Gasteiger partial charge < -0.3 is 15.0 Å². The molecule has 2 aromatic carbocycles. The number of likely N-dealkylation sites (tertiary alicyclic amines) is 1. The average molecular weight is 366 g/mol. The molecule has 1 fully saturated rings. The van der Waals surface area contributed by atoms with Crippen LogP contribution in [0.2, 0.25) is 0 Å². The topological polar surface area (TPSA) is 58.6 Å². The Hall–Kier alpha value is -2.82. The van der Waals surface area contributed by atoms with Crippen LogP contribution in [-0.2, 0) is 4.79 Å². The Morgan fingerprint density at radius 1 is 1.19 bits per heavy atom. The Morgan fingerprint density at radius 2 is 1.96 bits per heavy atom. The number of rotatable bonds is 6. The van der Waals surface area contributed by atoms with Gasteiger partial charge in [0.25, 0.3) is 5.91 Å². The summed E-state index contributed by atoms with van der Waals surface area (Å²) >= 11 is 0. The van der Waals surface area contributed by atoms with Gasteiger partial charge in [0.15, 0.2) is 0 Å². The molecule has 1 aliphatic heterocycles. The first-order valence-corrected chi connectivity index (χ1v) is 9.45. The lowest BCUT2D eigenvalue weighted by atomic mass is 10.0. The van der Waals surface area contributed by atoms with Crippen molar-refractivity contribution in [2.45, 2.75) is 32.7 Å². The summed E-state index contributed by atoms with van der Waals surface area (Å²) < 4.78 is 5.49. The van der Waals surface area contributed by atoms with Crippen LogP contribution >= 0.6 is 0 Å². The fourth-order valence-electron chi connectivity index (χ4n) is 3.51. The minimum atomic E-state index is -0.219. The number of ether oxygens (including phenoxy) is 1. The highest BCUT2D eigenvalue weighted by Gasteiger charge is 2.29. The van der Waals surface area contributed by atoms with Crippen molar-refractivity contribution < 1.29 is 14.3 Å². The number of carbonyl (C=O) groups is 2. The predicted molar refractivity (Wildman–Crippen MR) is 105 cm³/mol. The third-order valence-corrected chi connectivity index (χ3v) is 4.83. The number of amides is 2. The van der Waals surface area contributed by atoms with Crippen LogP contribution in [0.15, 0.2) is 48.5 Å². The highest BCUT2D eigenvalue weighted by atomic mass is 16.5. The van der Waals surface area contributed by atoms with Crippen molar-refractivity contribution in [2.24, 2.45) is 0 Å². The molecule has 0 aromatic heterocycles. The van der Waals surface area contributed by atoms with E-state index in [-0.39, 0.29) is 24.4 Å². The van der Waals surface area contributed by atoms with Crippen molar-refractivity contribution in [3.8, 4) is 5.75 Å². The van der Waals surface area contributed by atoms with E-state index in [9.17, 15) is 9.59 Å². The largest absolute Gasteiger partial charge is 0.494 e.